The maximum Gasteiger partial charge on any atom is 0.336 e. The maximum atomic E-state index is 15.0. The van der Waals surface area contributed by atoms with E-state index in [9.17, 15) is 14.7 Å². The van der Waals surface area contributed by atoms with Gasteiger partial charge in [0.2, 0.25) is 0 Å². The number of rotatable bonds is 8. The first-order valence-electron chi connectivity index (χ1n) is 16.4. The molecule has 6 aromatic rings. The van der Waals surface area contributed by atoms with Gasteiger partial charge in [-0.3, -0.25) is 9.89 Å². The largest absolute Gasteiger partial charge is 0.494 e. The molecule has 0 atom stereocenters. The summed E-state index contributed by atoms with van der Waals surface area (Å²) in [5, 5.41) is 20.3. The Kier molecular flexibility index (Phi) is 8.45. The Labute approximate surface area is 294 Å². The average Bonchev–Trinajstić information content (AvgIpc) is 3.68. The molecular weight excluding hydrogens is 661 g/mol. The number of nitrogens with one attached hydrogen (secondary N) is 1. The molecule has 1 aliphatic heterocycles. The highest BCUT2D eigenvalue weighted by atomic mass is 35.5. The molecule has 7 rings (SSSR count). The van der Waals surface area contributed by atoms with E-state index < -0.39 is 5.97 Å². The van der Waals surface area contributed by atoms with Crippen LogP contribution in [0.5, 0.6) is 5.75 Å². The Morgan fingerprint density at radius 1 is 0.980 bits per heavy atom. The lowest BCUT2D eigenvalue weighted by atomic mass is 9.98. The molecule has 3 aromatic heterocycles. The van der Waals surface area contributed by atoms with Gasteiger partial charge < -0.3 is 23.9 Å². The number of halogens is 2. The Bertz CT molecular complexity index is 2270. The number of nitrogens with zero attached hydrogens (tertiary/aromatic N) is 4. The normalized spacial score (nSPS) is 13.4. The molecule has 4 heterocycles. The molecule has 0 aliphatic carbocycles. The highest BCUT2D eigenvalue weighted by Crippen LogP contribution is 2.43. The number of H-pyrrole nitrogens is 1. The summed E-state index contributed by atoms with van der Waals surface area (Å²) in [7, 11) is 1.87. The number of hydrogen-bond donors (Lipinski definition) is 2. The topological polar surface area (TPSA) is 105 Å². The van der Waals surface area contributed by atoms with Gasteiger partial charge in [0.15, 0.2) is 0 Å². The van der Waals surface area contributed by atoms with Crippen molar-refractivity contribution >= 4 is 62.6 Å². The molecule has 49 heavy (non-hydrogen) atoms. The van der Waals surface area contributed by atoms with E-state index in [1.807, 2.05) is 69.8 Å². The van der Waals surface area contributed by atoms with Crippen LogP contribution in [0.15, 0.2) is 48.7 Å². The van der Waals surface area contributed by atoms with E-state index >= 15 is 0 Å². The van der Waals surface area contributed by atoms with Crippen molar-refractivity contribution < 1.29 is 19.4 Å². The molecule has 9 nitrogen and oxygen atoms in total. The summed E-state index contributed by atoms with van der Waals surface area (Å²) in [5.74, 6) is -0.381. The zero-order valence-electron chi connectivity index (χ0n) is 28.1. The molecule has 0 saturated carbocycles. The number of aromatic amines is 1. The standard InChI is InChI=1S/C38H37Cl2N5O4/c1-20-18-24(19-21(2)33(20)40)49-17-6-8-25-26-9-11-29(39)32(31-22(3)41-42-23(31)4)35(26)45-15-7-14-44(37(46)36(25)45)30-12-10-28(38(47)48)27-13-16-43(5)34(27)30/h9-13,16,18-19H,6-8,14-15,17H2,1-5H3,(H,41,42)(H,47,48). The number of hydrogen-bond acceptors (Lipinski definition) is 4. The summed E-state index contributed by atoms with van der Waals surface area (Å²) in [6, 6.07) is 13.0. The highest BCUT2D eigenvalue weighted by Gasteiger charge is 2.33. The summed E-state index contributed by atoms with van der Waals surface area (Å²) in [4.78, 5) is 28.9. The van der Waals surface area contributed by atoms with Crippen LogP contribution < -0.4 is 9.64 Å². The van der Waals surface area contributed by atoms with E-state index in [0.717, 1.165) is 60.9 Å². The molecule has 0 spiro atoms. The van der Waals surface area contributed by atoms with E-state index in [1.54, 1.807) is 23.1 Å². The minimum atomic E-state index is -1.01. The summed E-state index contributed by atoms with van der Waals surface area (Å²) in [5.41, 5.74) is 9.48. The van der Waals surface area contributed by atoms with Gasteiger partial charge >= 0.3 is 5.97 Å². The molecule has 2 N–H and O–H groups in total. The van der Waals surface area contributed by atoms with E-state index in [1.165, 1.54) is 0 Å². The van der Waals surface area contributed by atoms with Crippen molar-refractivity contribution in [3.63, 3.8) is 0 Å². The number of carbonyl (C=O) groups is 2. The third-order valence-electron chi connectivity index (χ3n) is 9.65. The lowest BCUT2D eigenvalue weighted by Crippen LogP contribution is -2.32. The van der Waals surface area contributed by atoms with Crippen LogP contribution in [0.3, 0.4) is 0 Å². The predicted molar refractivity (Wildman–Crippen MR) is 195 cm³/mol. The first-order valence-corrected chi connectivity index (χ1v) is 17.1. The molecule has 11 heteroatoms. The molecule has 0 saturated heterocycles. The van der Waals surface area contributed by atoms with Gasteiger partial charge in [0.1, 0.15) is 11.4 Å². The predicted octanol–water partition coefficient (Wildman–Crippen LogP) is 8.82. The molecule has 1 aliphatic rings. The van der Waals surface area contributed by atoms with Crippen molar-refractivity contribution in [2.45, 2.75) is 53.5 Å². The van der Waals surface area contributed by atoms with Crippen LogP contribution in [-0.4, -0.2) is 49.5 Å². The Morgan fingerprint density at radius 3 is 2.43 bits per heavy atom. The number of ether oxygens (including phenoxy) is 1. The number of carboxylic acids is 1. The molecule has 0 fully saturated rings. The van der Waals surface area contributed by atoms with Crippen molar-refractivity contribution in [2.24, 2.45) is 7.05 Å². The first kappa shape index (κ1) is 32.8. The second-order valence-corrected chi connectivity index (χ2v) is 13.7. The maximum absolute atomic E-state index is 15.0. The molecule has 0 radical (unpaired) electrons. The van der Waals surface area contributed by atoms with Crippen LogP contribution >= 0.6 is 23.2 Å². The lowest BCUT2D eigenvalue weighted by Gasteiger charge is -2.23. The van der Waals surface area contributed by atoms with Crippen molar-refractivity contribution in [2.75, 3.05) is 18.1 Å². The van der Waals surface area contributed by atoms with Gasteiger partial charge in [-0.15, -0.1) is 0 Å². The zero-order chi connectivity index (χ0) is 34.7. The lowest BCUT2D eigenvalue weighted by molar-refractivity contribution is 0.0699. The van der Waals surface area contributed by atoms with Crippen LogP contribution in [0.2, 0.25) is 10.0 Å². The SMILES string of the molecule is Cc1cc(OCCCc2c3n(c4c(-c5c(C)n[nH]c5C)c(Cl)ccc24)CCCN(c2ccc(C(=O)O)c4ccn(C)c24)C3=O)cc(C)c1Cl. The fourth-order valence-electron chi connectivity index (χ4n) is 7.45. The summed E-state index contributed by atoms with van der Waals surface area (Å²) < 4.78 is 10.2. The Balaban J connectivity index is 1.36. The van der Waals surface area contributed by atoms with Crippen LogP contribution in [0.1, 0.15) is 61.8 Å². The fourth-order valence-corrected chi connectivity index (χ4v) is 7.80. The number of carboxylic acid groups (broad SMARTS) is 1. The van der Waals surface area contributed by atoms with E-state index in [4.69, 9.17) is 27.9 Å². The summed E-state index contributed by atoms with van der Waals surface area (Å²) in [6.07, 6.45) is 3.77. The minimum Gasteiger partial charge on any atom is -0.494 e. The summed E-state index contributed by atoms with van der Waals surface area (Å²) >= 11 is 13.4. The van der Waals surface area contributed by atoms with Gasteiger partial charge in [0.05, 0.1) is 39.6 Å². The first-order chi connectivity index (χ1) is 23.5. The fraction of sp³-hybridized carbons (Fsp3) is 0.289. The molecule has 3 aromatic carbocycles. The number of anilines is 1. The third-order valence-corrected chi connectivity index (χ3v) is 10.6. The Morgan fingerprint density at radius 2 is 1.73 bits per heavy atom. The van der Waals surface area contributed by atoms with Gasteiger partial charge in [0.25, 0.3) is 5.91 Å². The monoisotopic (exact) mass is 697 g/mol. The highest BCUT2D eigenvalue weighted by molar-refractivity contribution is 6.35. The molecule has 0 unspecified atom stereocenters. The van der Waals surface area contributed by atoms with Crippen molar-refractivity contribution in [3.8, 4) is 16.9 Å². The zero-order valence-corrected chi connectivity index (χ0v) is 29.6. The van der Waals surface area contributed by atoms with Gasteiger partial charge in [-0.05, 0) is 100 Å². The number of aryl methyl sites for hydroxylation is 7. The van der Waals surface area contributed by atoms with Gasteiger partial charge in [-0.2, -0.15) is 5.10 Å². The quantitative estimate of drug-likeness (QED) is 0.155. The smallest absolute Gasteiger partial charge is 0.336 e. The van der Waals surface area contributed by atoms with Gasteiger partial charge in [-0.25, -0.2) is 4.79 Å². The van der Waals surface area contributed by atoms with E-state index in [0.29, 0.717) is 66.3 Å². The van der Waals surface area contributed by atoms with E-state index in [-0.39, 0.29) is 11.5 Å². The number of aromatic nitrogens is 4. The number of carbonyl (C=O) groups excluding carboxylic acids is 1. The number of benzene rings is 3. The van der Waals surface area contributed by atoms with Crippen LogP contribution in [0.25, 0.3) is 32.9 Å². The number of fused-ring (bicyclic) bond motifs is 4. The Hall–Kier alpha value is -4.73. The third kappa shape index (κ3) is 5.45. The van der Waals surface area contributed by atoms with Crippen molar-refractivity contribution in [3.05, 3.63) is 98.0 Å². The van der Waals surface area contributed by atoms with E-state index in [2.05, 4.69) is 14.8 Å². The second kappa shape index (κ2) is 12.6. The molecule has 0 bridgehead atoms. The van der Waals surface area contributed by atoms with Crippen molar-refractivity contribution in [1.82, 2.24) is 19.3 Å². The van der Waals surface area contributed by atoms with Crippen LogP contribution in [-0.2, 0) is 20.0 Å². The average molecular weight is 699 g/mol. The minimum absolute atomic E-state index is 0.137. The van der Waals surface area contributed by atoms with Crippen LogP contribution in [0, 0.1) is 27.7 Å². The number of aromatic carboxylic acids is 1. The molecule has 1 amide bonds. The molecular formula is C38H37Cl2N5O4. The number of amides is 1. The summed E-state index contributed by atoms with van der Waals surface area (Å²) in [6.45, 7) is 9.38. The molecule has 252 valence electrons. The van der Waals surface area contributed by atoms with Gasteiger partial charge in [-0.1, -0.05) is 29.3 Å². The van der Waals surface area contributed by atoms with Crippen molar-refractivity contribution in [1.29, 1.82) is 0 Å². The second-order valence-electron chi connectivity index (χ2n) is 12.9. The van der Waals surface area contributed by atoms with Crippen LogP contribution in [0.4, 0.5) is 5.69 Å². The van der Waals surface area contributed by atoms with Gasteiger partial charge in [0, 0.05) is 58.9 Å².